The van der Waals surface area contributed by atoms with Gasteiger partial charge in [0.05, 0.1) is 28.8 Å². The van der Waals surface area contributed by atoms with Gasteiger partial charge in [-0.15, -0.1) is 11.8 Å². The van der Waals surface area contributed by atoms with Crippen LogP contribution in [0.5, 0.6) is 0 Å². The Balaban J connectivity index is 2.27. The molecule has 7 heteroatoms. The maximum absolute atomic E-state index is 11.2. The molecule has 1 N–H and O–H groups in total. The molecule has 0 aromatic heterocycles. The molecule has 1 aromatic rings. The minimum Gasteiger partial charge on any atom is -0.478 e. The van der Waals surface area contributed by atoms with E-state index in [1.54, 1.807) is 11.8 Å². The first-order chi connectivity index (χ1) is 9.05. The summed E-state index contributed by atoms with van der Waals surface area (Å²) >= 11 is 14.0. The largest absolute Gasteiger partial charge is 0.478 e. The quantitative estimate of drug-likeness (QED) is 0.859. The SMILES string of the molecule is O=C(O)c1cc(Cl)c2c(c1Cl)C1(CCS2)OCCO1. The first-order valence-electron chi connectivity index (χ1n) is 5.71. The molecule has 3 rings (SSSR count). The van der Waals surface area contributed by atoms with Gasteiger partial charge in [0.1, 0.15) is 0 Å². The second-order valence-electron chi connectivity index (χ2n) is 4.28. The number of aromatic carboxylic acids is 1. The smallest absolute Gasteiger partial charge is 0.337 e. The van der Waals surface area contributed by atoms with E-state index in [2.05, 4.69) is 0 Å². The summed E-state index contributed by atoms with van der Waals surface area (Å²) in [6.07, 6.45) is 0.629. The van der Waals surface area contributed by atoms with E-state index in [1.165, 1.54) is 6.07 Å². The van der Waals surface area contributed by atoms with E-state index in [9.17, 15) is 9.90 Å². The normalized spacial score (nSPS) is 20.5. The predicted molar refractivity (Wildman–Crippen MR) is 72.3 cm³/mol. The van der Waals surface area contributed by atoms with Crippen LogP contribution < -0.4 is 0 Å². The topological polar surface area (TPSA) is 55.8 Å². The van der Waals surface area contributed by atoms with Crippen molar-refractivity contribution < 1.29 is 19.4 Å². The lowest BCUT2D eigenvalue weighted by atomic mass is 9.99. The lowest BCUT2D eigenvalue weighted by molar-refractivity contribution is -0.169. The molecular formula is C12H10Cl2O4S. The van der Waals surface area contributed by atoms with Gasteiger partial charge in [-0.05, 0) is 6.07 Å². The Kier molecular flexibility index (Phi) is 3.43. The highest BCUT2D eigenvalue weighted by Crippen LogP contribution is 2.51. The molecule has 1 saturated heterocycles. The van der Waals surface area contributed by atoms with E-state index in [0.717, 1.165) is 10.6 Å². The summed E-state index contributed by atoms with van der Waals surface area (Å²) in [7, 11) is 0. The van der Waals surface area contributed by atoms with Gasteiger partial charge in [-0.3, -0.25) is 0 Å². The third-order valence-electron chi connectivity index (χ3n) is 3.21. The van der Waals surface area contributed by atoms with Gasteiger partial charge in [0.15, 0.2) is 5.79 Å². The van der Waals surface area contributed by atoms with Crippen LogP contribution in [0, 0.1) is 0 Å². The van der Waals surface area contributed by atoms with Gasteiger partial charge in [0.25, 0.3) is 0 Å². The van der Waals surface area contributed by atoms with Crippen LogP contribution in [0.25, 0.3) is 0 Å². The maximum Gasteiger partial charge on any atom is 0.337 e. The zero-order chi connectivity index (χ0) is 13.6. The van der Waals surface area contributed by atoms with Crippen molar-refractivity contribution in [3.63, 3.8) is 0 Å². The third kappa shape index (κ3) is 2.04. The van der Waals surface area contributed by atoms with Gasteiger partial charge in [0, 0.05) is 22.6 Å². The Bertz CT molecular complexity index is 555. The number of fused-ring (bicyclic) bond motifs is 2. The minimum absolute atomic E-state index is 0.0219. The Morgan fingerprint density at radius 1 is 1.37 bits per heavy atom. The van der Waals surface area contributed by atoms with E-state index in [4.69, 9.17) is 32.7 Å². The molecule has 4 nitrogen and oxygen atoms in total. The lowest BCUT2D eigenvalue weighted by Gasteiger charge is -2.34. The zero-order valence-corrected chi connectivity index (χ0v) is 12.1. The fourth-order valence-electron chi connectivity index (χ4n) is 2.40. The third-order valence-corrected chi connectivity index (χ3v) is 5.14. The number of hydrogen-bond acceptors (Lipinski definition) is 4. The average molecular weight is 321 g/mol. The van der Waals surface area contributed by atoms with Crippen molar-refractivity contribution in [2.75, 3.05) is 19.0 Å². The summed E-state index contributed by atoms with van der Waals surface area (Å²) in [4.78, 5) is 12.0. The molecule has 1 aromatic carbocycles. The molecule has 2 aliphatic heterocycles. The van der Waals surface area contributed by atoms with Crippen LogP contribution in [0.1, 0.15) is 22.3 Å². The summed E-state index contributed by atoms with van der Waals surface area (Å²) < 4.78 is 11.4. The second kappa shape index (κ2) is 4.82. The molecule has 1 spiro atoms. The summed E-state index contributed by atoms with van der Waals surface area (Å²) in [5.41, 5.74) is 0.541. The highest BCUT2D eigenvalue weighted by molar-refractivity contribution is 7.99. The number of carboxylic acids is 1. The predicted octanol–water partition coefficient (Wildman–Crippen LogP) is 3.39. The molecule has 0 bridgehead atoms. The van der Waals surface area contributed by atoms with Crippen LogP contribution in [0.15, 0.2) is 11.0 Å². The van der Waals surface area contributed by atoms with Crippen LogP contribution in [0.4, 0.5) is 0 Å². The van der Waals surface area contributed by atoms with Crippen LogP contribution in [-0.2, 0) is 15.3 Å². The Morgan fingerprint density at radius 2 is 2.05 bits per heavy atom. The molecule has 0 radical (unpaired) electrons. The molecule has 0 saturated carbocycles. The first-order valence-corrected chi connectivity index (χ1v) is 7.46. The van der Waals surface area contributed by atoms with Gasteiger partial charge >= 0.3 is 5.97 Å². The molecular weight excluding hydrogens is 311 g/mol. The van der Waals surface area contributed by atoms with Crippen molar-refractivity contribution in [3.8, 4) is 0 Å². The van der Waals surface area contributed by atoms with Gasteiger partial charge in [-0.2, -0.15) is 0 Å². The highest BCUT2D eigenvalue weighted by Gasteiger charge is 2.45. The zero-order valence-electron chi connectivity index (χ0n) is 9.74. The summed E-state index contributed by atoms with van der Waals surface area (Å²) in [6.45, 7) is 0.935. The number of halogens is 2. The number of carboxylic acid groups (broad SMARTS) is 1. The molecule has 2 heterocycles. The van der Waals surface area contributed by atoms with Crippen LogP contribution in [0.2, 0.25) is 10.0 Å². The van der Waals surface area contributed by atoms with Gasteiger partial charge in [-0.25, -0.2) is 4.79 Å². The summed E-state index contributed by atoms with van der Waals surface area (Å²) in [5.74, 6) is -1.26. The van der Waals surface area contributed by atoms with Crippen LogP contribution >= 0.6 is 35.0 Å². The van der Waals surface area contributed by atoms with Gasteiger partial charge < -0.3 is 14.6 Å². The van der Waals surface area contributed by atoms with Crippen LogP contribution in [-0.4, -0.2) is 30.0 Å². The molecule has 2 aliphatic rings. The van der Waals surface area contributed by atoms with Crippen molar-refractivity contribution in [2.24, 2.45) is 0 Å². The molecule has 0 amide bonds. The van der Waals surface area contributed by atoms with Crippen molar-refractivity contribution in [1.29, 1.82) is 0 Å². The van der Waals surface area contributed by atoms with Gasteiger partial charge in [-0.1, -0.05) is 23.2 Å². The molecule has 102 valence electrons. The standard InChI is InChI=1S/C12H10Cl2O4S/c13-7-5-6(11(15)16)9(14)8-10(7)19-4-1-12(8)17-2-3-18-12/h5H,1-4H2,(H,15,16). The van der Waals surface area contributed by atoms with Crippen LogP contribution in [0.3, 0.4) is 0 Å². The Morgan fingerprint density at radius 3 is 2.68 bits per heavy atom. The average Bonchev–Trinajstić information content (AvgIpc) is 2.82. The molecule has 0 aliphatic carbocycles. The van der Waals surface area contributed by atoms with Crippen molar-refractivity contribution in [3.05, 3.63) is 27.2 Å². The van der Waals surface area contributed by atoms with E-state index < -0.39 is 11.8 Å². The number of benzene rings is 1. The number of thioether (sulfide) groups is 1. The molecule has 0 unspecified atom stereocenters. The van der Waals surface area contributed by atoms with E-state index in [-0.39, 0.29) is 10.6 Å². The molecule has 19 heavy (non-hydrogen) atoms. The second-order valence-corrected chi connectivity index (χ2v) is 6.17. The number of ether oxygens (including phenoxy) is 2. The van der Waals surface area contributed by atoms with Crippen molar-refractivity contribution >= 4 is 40.9 Å². The minimum atomic E-state index is -1.11. The van der Waals surface area contributed by atoms with Gasteiger partial charge in [0.2, 0.25) is 0 Å². The maximum atomic E-state index is 11.2. The van der Waals surface area contributed by atoms with E-state index >= 15 is 0 Å². The number of rotatable bonds is 1. The molecule has 1 fully saturated rings. The Labute approximate surface area is 124 Å². The summed E-state index contributed by atoms with van der Waals surface area (Å²) in [6, 6.07) is 1.38. The van der Waals surface area contributed by atoms with Crippen molar-refractivity contribution in [1.82, 2.24) is 0 Å². The molecule has 0 atom stereocenters. The van der Waals surface area contributed by atoms with E-state index in [0.29, 0.717) is 30.2 Å². The van der Waals surface area contributed by atoms with E-state index in [1.807, 2.05) is 0 Å². The monoisotopic (exact) mass is 320 g/mol. The Hall–Kier alpha value is -0.460. The lowest BCUT2D eigenvalue weighted by Crippen LogP contribution is -2.32. The highest BCUT2D eigenvalue weighted by atomic mass is 35.5. The number of carbonyl (C=O) groups is 1. The van der Waals surface area contributed by atoms with Crippen molar-refractivity contribution in [2.45, 2.75) is 17.1 Å². The fraction of sp³-hybridized carbons (Fsp3) is 0.417. The summed E-state index contributed by atoms with van der Waals surface area (Å²) in [5, 5.41) is 9.72. The fourth-order valence-corrected chi connectivity index (χ4v) is 4.37. The first kappa shape index (κ1) is 13.5. The number of hydrogen-bond donors (Lipinski definition) is 1.